The van der Waals surface area contributed by atoms with Gasteiger partial charge < -0.3 is 20.8 Å². The Bertz CT molecular complexity index is 1890. The summed E-state index contributed by atoms with van der Waals surface area (Å²) in [6.07, 6.45) is 3.88. The number of carbonyl (C=O) groups is 4. The molecule has 4 N–H and O–H groups in total. The fourth-order valence-electron chi connectivity index (χ4n) is 6.02. The van der Waals surface area contributed by atoms with E-state index < -0.39 is 23.0 Å². The Hall–Kier alpha value is -2.80. The van der Waals surface area contributed by atoms with Gasteiger partial charge in [0.25, 0.3) is 11.8 Å². The number of rotatable bonds is 8. The number of hydrogen-bond acceptors (Lipinski definition) is 8. The molecule has 48 heavy (non-hydrogen) atoms. The summed E-state index contributed by atoms with van der Waals surface area (Å²) < 4.78 is 0. The standard InChI is InChI=1S/2C17H13Cl2NO3S/c18-10-3-4-11(19)15-14(10)17(23,16(22)20-15)6-12(21)9-5-13(24-7-9)8-1-2-8;18-10-3-4-11(19)15-14(10)17(23,16(22)20-15)6-12(21)13-5-9(7-24-13)8-1-2-8/h2*3-5,7-8,23H,1-2,6H2,(H,20,22). The Morgan fingerprint density at radius 1 is 0.708 bits per heavy atom. The number of nitrogens with one attached hydrogen (secondary N) is 2. The lowest BCUT2D eigenvalue weighted by atomic mass is 9.88. The molecule has 2 aliphatic heterocycles. The maximum atomic E-state index is 12.6. The zero-order valence-corrected chi connectivity index (χ0v) is 29.5. The number of benzene rings is 2. The SMILES string of the molecule is O=C(CC1(O)C(=O)Nc2c(Cl)ccc(Cl)c21)c1cc(C2CC2)cs1.O=C(CC1(O)C(=O)Nc2c(Cl)ccc(Cl)c21)c1csc(C2CC2)c1. The van der Waals surface area contributed by atoms with Gasteiger partial charge in [0.2, 0.25) is 0 Å². The molecule has 248 valence electrons. The molecule has 2 fully saturated rings. The third kappa shape index (κ3) is 6.00. The Morgan fingerprint density at radius 3 is 1.73 bits per heavy atom. The molecule has 2 aromatic carbocycles. The van der Waals surface area contributed by atoms with Crippen LogP contribution in [0.3, 0.4) is 0 Å². The molecule has 4 heterocycles. The third-order valence-corrected chi connectivity index (χ3v) is 12.3. The van der Waals surface area contributed by atoms with Crippen LogP contribution in [0.2, 0.25) is 20.1 Å². The van der Waals surface area contributed by atoms with Gasteiger partial charge in [0.1, 0.15) is 0 Å². The quantitative estimate of drug-likeness (QED) is 0.133. The number of ketones is 2. The number of hydrogen-bond donors (Lipinski definition) is 4. The summed E-state index contributed by atoms with van der Waals surface area (Å²) in [6.45, 7) is 0. The van der Waals surface area contributed by atoms with Crippen molar-refractivity contribution in [1.29, 1.82) is 0 Å². The van der Waals surface area contributed by atoms with Gasteiger partial charge in [-0.25, -0.2) is 0 Å². The van der Waals surface area contributed by atoms with Crippen molar-refractivity contribution in [2.75, 3.05) is 10.6 Å². The smallest absolute Gasteiger partial charge is 0.261 e. The molecule has 2 aromatic heterocycles. The number of Topliss-reactive ketones (excluding diaryl/α,β-unsaturated/α-hetero) is 2. The summed E-state index contributed by atoms with van der Waals surface area (Å²) in [5.41, 5.74) is -1.43. The van der Waals surface area contributed by atoms with Crippen LogP contribution in [0.15, 0.2) is 47.2 Å². The zero-order valence-electron chi connectivity index (χ0n) is 24.9. The molecule has 0 saturated heterocycles. The minimum atomic E-state index is -2.00. The second-order valence-corrected chi connectivity index (χ2v) is 15.9. The number of amides is 2. The first-order chi connectivity index (χ1) is 22.8. The Kier molecular flexibility index (Phi) is 8.78. The molecular weight excluding hydrogens is 738 g/mol. The van der Waals surface area contributed by atoms with E-state index in [1.54, 1.807) is 16.7 Å². The molecule has 8 rings (SSSR count). The number of anilines is 2. The van der Waals surface area contributed by atoms with Crippen molar-refractivity contribution in [2.45, 2.75) is 61.6 Å². The average molecular weight is 765 g/mol. The molecule has 2 aliphatic carbocycles. The normalized spacial score (nSPS) is 22.4. The van der Waals surface area contributed by atoms with Gasteiger partial charge >= 0.3 is 0 Å². The maximum Gasteiger partial charge on any atom is 0.261 e. The van der Waals surface area contributed by atoms with Gasteiger partial charge in [0.15, 0.2) is 22.8 Å². The van der Waals surface area contributed by atoms with E-state index in [1.165, 1.54) is 40.5 Å². The maximum absolute atomic E-state index is 12.6. The number of thiophene rings is 2. The van der Waals surface area contributed by atoms with E-state index in [4.69, 9.17) is 46.4 Å². The van der Waals surface area contributed by atoms with E-state index >= 15 is 0 Å². The molecule has 0 spiro atoms. The predicted molar refractivity (Wildman–Crippen MR) is 188 cm³/mol. The second kappa shape index (κ2) is 12.5. The van der Waals surface area contributed by atoms with Crippen LogP contribution in [0.5, 0.6) is 0 Å². The van der Waals surface area contributed by atoms with Gasteiger partial charge in [-0.15, -0.1) is 22.7 Å². The molecule has 2 amide bonds. The van der Waals surface area contributed by atoms with Gasteiger partial charge in [0.05, 0.1) is 39.1 Å². The second-order valence-electron chi connectivity index (χ2n) is 12.4. The highest BCUT2D eigenvalue weighted by Crippen LogP contribution is 2.49. The van der Waals surface area contributed by atoms with Crippen LogP contribution in [0.25, 0.3) is 0 Å². The summed E-state index contributed by atoms with van der Waals surface area (Å²) in [6, 6.07) is 9.82. The van der Waals surface area contributed by atoms with Crippen LogP contribution >= 0.6 is 69.1 Å². The summed E-state index contributed by atoms with van der Waals surface area (Å²) in [4.78, 5) is 51.6. The van der Waals surface area contributed by atoms with E-state index in [2.05, 4.69) is 10.6 Å². The number of aliphatic hydroxyl groups is 2. The highest BCUT2D eigenvalue weighted by molar-refractivity contribution is 7.12. The molecule has 14 heteroatoms. The van der Waals surface area contributed by atoms with E-state index in [9.17, 15) is 29.4 Å². The Morgan fingerprint density at radius 2 is 1.21 bits per heavy atom. The number of fused-ring (bicyclic) bond motifs is 2. The van der Waals surface area contributed by atoms with Crippen molar-refractivity contribution in [3.05, 3.63) is 99.3 Å². The Balaban J connectivity index is 0.000000152. The van der Waals surface area contributed by atoms with Crippen LogP contribution in [0, 0.1) is 0 Å². The average Bonchev–Trinajstić information content (AvgIpc) is 3.93. The van der Waals surface area contributed by atoms with Gasteiger partial charge in [-0.1, -0.05) is 46.4 Å². The van der Waals surface area contributed by atoms with Crippen molar-refractivity contribution in [3.63, 3.8) is 0 Å². The van der Waals surface area contributed by atoms with Crippen molar-refractivity contribution >= 4 is 104 Å². The summed E-state index contributed by atoms with van der Waals surface area (Å²) in [5, 5.41) is 31.6. The molecule has 0 bridgehead atoms. The first kappa shape index (κ1) is 33.7. The predicted octanol–water partition coefficient (Wildman–Crippen LogP) is 8.69. The lowest BCUT2D eigenvalue weighted by Crippen LogP contribution is -2.36. The van der Waals surface area contributed by atoms with Gasteiger partial charge in [-0.2, -0.15) is 0 Å². The van der Waals surface area contributed by atoms with E-state index in [1.807, 2.05) is 17.5 Å². The fourth-order valence-corrected chi connectivity index (χ4v) is 9.07. The molecule has 0 radical (unpaired) electrons. The van der Waals surface area contributed by atoms with Crippen molar-refractivity contribution in [1.82, 2.24) is 0 Å². The van der Waals surface area contributed by atoms with E-state index in [-0.39, 0.29) is 67.0 Å². The molecular formula is C34H26Cl4N2O6S2. The van der Waals surface area contributed by atoms with Crippen LogP contribution < -0.4 is 10.6 Å². The minimum Gasteiger partial charge on any atom is -0.375 e. The molecule has 4 aliphatic rings. The van der Waals surface area contributed by atoms with Crippen molar-refractivity contribution in [3.8, 4) is 0 Å². The van der Waals surface area contributed by atoms with Crippen molar-refractivity contribution < 1.29 is 29.4 Å². The third-order valence-electron chi connectivity index (χ3n) is 8.96. The van der Waals surface area contributed by atoms with Crippen LogP contribution in [-0.2, 0) is 20.8 Å². The van der Waals surface area contributed by atoms with Gasteiger partial charge in [0, 0.05) is 37.0 Å². The largest absolute Gasteiger partial charge is 0.375 e. The molecule has 2 unspecified atom stereocenters. The minimum absolute atomic E-state index is 0.174. The number of halogens is 4. The summed E-state index contributed by atoms with van der Waals surface area (Å²) in [5.74, 6) is -0.829. The van der Waals surface area contributed by atoms with Crippen LogP contribution in [0.4, 0.5) is 11.4 Å². The fraction of sp³-hybridized carbons (Fsp3) is 0.294. The zero-order chi connectivity index (χ0) is 34.1. The van der Waals surface area contributed by atoms with Gasteiger partial charge in [-0.05, 0) is 84.9 Å². The molecule has 2 atom stereocenters. The highest BCUT2D eigenvalue weighted by Gasteiger charge is 2.50. The highest BCUT2D eigenvalue weighted by atomic mass is 35.5. The summed E-state index contributed by atoms with van der Waals surface area (Å²) in [7, 11) is 0. The lowest BCUT2D eigenvalue weighted by Gasteiger charge is -2.20. The first-order valence-corrected chi connectivity index (χ1v) is 18.3. The van der Waals surface area contributed by atoms with E-state index in [0.29, 0.717) is 22.3 Å². The van der Waals surface area contributed by atoms with Crippen LogP contribution in [-0.4, -0.2) is 33.6 Å². The Labute approximate surface area is 303 Å². The monoisotopic (exact) mass is 762 g/mol. The molecule has 2 saturated carbocycles. The number of carbonyl (C=O) groups excluding carboxylic acids is 4. The van der Waals surface area contributed by atoms with Gasteiger partial charge in [-0.3, -0.25) is 19.2 Å². The first-order valence-electron chi connectivity index (χ1n) is 15.1. The van der Waals surface area contributed by atoms with Crippen molar-refractivity contribution in [2.24, 2.45) is 0 Å². The van der Waals surface area contributed by atoms with Crippen LogP contribution in [0.1, 0.15) is 92.0 Å². The molecule has 4 aromatic rings. The topological polar surface area (TPSA) is 133 Å². The van der Waals surface area contributed by atoms with E-state index in [0.717, 1.165) is 31.2 Å². The molecule has 8 nitrogen and oxygen atoms in total. The lowest BCUT2D eigenvalue weighted by molar-refractivity contribution is -0.133. The summed E-state index contributed by atoms with van der Waals surface area (Å²) >= 11 is 27.3.